The van der Waals surface area contributed by atoms with Gasteiger partial charge in [-0.05, 0) is 53.8 Å². The van der Waals surface area contributed by atoms with Crippen molar-refractivity contribution >= 4 is 46.4 Å². The number of rotatable bonds is 6. The molecule has 25 heavy (non-hydrogen) atoms. The van der Waals surface area contributed by atoms with Gasteiger partial charge < -0.3 is 15.5 Å². The SMILES string of the molecule is C=N/C=C\C(=C)C(=C)c1sc(-c2ccc3oc(N)nc3c2)cc1NC. The van der Waals surface area contributed by atoms with E-state index in [0.29, 0.717) is 5.58 Å². The van der Waals surface area contributed by atoms with Crippen LogP contribution in [0.5, 0.6) is 0 Å². The van der Waals surface area contributed by atoms with E-state index in [9.17, 15) is 0 Å². The molecule has 0 aliphatic carbocycles. The minimum Gasteiger partial charge on any atom is -0.424 e. The first-order chi connectivity index (χ1) is 12.0. The van der Waals surface area contributed by atoms with Gasteiger partial charge in [-0.1, -0.05) is 13.2 Å². The van der Waals surface area contributed by atoms with Gasteiger partial charge in [-0.25, -0.2) is 0 Å². The third-order valence-electron chi connectivity index (χ3n) is 3.73. The molecule has 0 aliphatic heterocycles. The lowest BCUT2D eigenvalue weighted by atomic mass is 10.1. The Hall–Kier alpha value is -3.12. The molecule has 0 saturated heterocycles. The van der Waals surface area contributed by atoms with Crippen LogP contribution < -0.4 is 11.1 Å². The van der Waals surface area contributed by atoms with E-state index < -0.39 is 0 Å². The number of oxazole rings is 1. The molecule has 0 unspecified atom stereocenters. The number of aliphatic imine (C=N–C) groups is 1. The molecule has 0 saturated carbocycles. The molecule has 5 nitrogen and oxygen atoms in total. The average molecular weight is 350 g/mol. The highest BCUT2D eigenvalue weighted by Gasteiger charge is 2.14. The van der Waals surface area contributed by atoms with Crippen LogP contribution in [0, 0.1) is 0 Å². The zero-order valence-corrected chi connectivity index (χ0v) is 14.7. The van der Waals surface area contributed by atoms with Crippen LogP contribution in [0.25, 0.3) is 27.1 Å². The number of allylic oxidation sites excluding steroid dienone is 3. The lowest BCUT2D eigenvalue weighted by Gasteiger charge is -2.06. The fraction of sp³-hybridized carbons (Fsp3) is 0.0526. The molecule has 0 spiro atoms. The van der Waals surface area contributed by atoms with Gasteiger partial charge in [-0.15, -0.1) is 11.3 Å². The number of hydrogen-bond acceptors (Lipinski definition) is 6. The maximum absolute atomic E-state index is 5.62. The zero-order valence-electron chi connectivity index (χ0n) is 13.9. The number of nitrogens with one attached hydrogen (secondary N) is 1. The zero-order chi connectivity index (χ0) is 18.0. The summed E-state index contributed by atoms with van der Waals surface area (Å²) >= 11 is 1.63. The van der Waals surface area contributed by atoms with Gasteiger partial charge in [0, 0.05) is 18.1 Å². The van der Waals surface area contributed by atoms with Crippen molar-refractivity contribution in [3.63, 3.8) is 0 Å². The third-order valence-corrected chi connectivity index (χ3v) is 4.98. The van der Waals surface area contributed by atoms with E-state index in [1.165, 1.54) is 0 Å². The van der Waals surface area contributed by atoms with Crippen molar-refractivity contribution in [2.75, 3.05) is 18.1 Å². The molecule has 0 radical (unpaired) electrons. The number of thiophene rings is 1. The highest BCUT2D eigenvalue weighted by molar-refractivity contribution is 7.17. The quantitative estimate of drug-likeness (QED) is 0.486. The Morgan fingerprint density at radius 1 is 1.36 bits per heavy atom. The van der Waals surface area contributed by atoms with E-state index in [1.807, 2.05) is 25.2 Å². The molecule has 2 aromatic heterocycles. The first-order valence-corrected chi connectivity index (χ1v) is 8.34. The standard InChI is InChI=1S/C19H18N4OS/c1-11(7-8-21-3)12(2)18-15(22-4)10-17(25-18)13-5-6-16-14(9-13)23-19(20)24-16/h5-10,22H,1-3H2,4H3,(H2,20,23)/b8-7-. The fourth-order valence-electron chi connectivity index (χ4n) is 2.43. The molecule has 126 valence electrons. The molecule has 3 aromatic rings. The molecule has 0 fully saturated rings. The summed E-state index contributed by atoms with van der Waals surface area (Å²) in [6.07, 6.45) is 3.39. The van der Waals surface area contributed by atoms with Crippen molar-refractivity contribution in [3.05, 3.63) is 60.1 Å². The first kappa shape index (κ1) is 16.7. The van der Waals surface area contributed by atoms with Gasteiger partial charge in [-0.3, -0.25) is 4.99 Å². The van der Waals surface area contributed by atoms with Gasteiger partial charge in [0.15, 0.2) is 5.58 Å². The van der Waals surface area contributed by atoms with Crippen molar-refractivity contribution in [1.29, 1.82) is 0 Å². The summed E-state index contributed by atoms with van der Waals surface area (Å²) in [6.45, 7) is 11.6. The molecular weight excluding hydrogens is 332 g/mol. The summed E-state index contributed by atoms with van der Waals surface area (Å²) < 4.78 is 5.33. The molecule has 0 aliphatic rings. The monoisotopic (exact) mass is 350 g/mol. The smallest absolute Gasteiger partial charge is 0.292 e. The van der Waals surface area contributed by atoms with Gasteiger partial charge in [0.05, 0.1) is 10.6 Å². The lowest BCUT2D eigenvalue weighted by Crippen LogP contribution is -1.90. The molecule has 0 bridgehead atoms. The Morgan fingerprint density at radius 3 is 2.88 bits per heavy atom. The Kier molecular flexibility index (Phi) is 4.54. The number of nitrogens with zero attached hydrogens (tertiary/aromatic N) is 2. The Morgan fingerprint density at radius 2 is 2.16 bits per heavy atom. The van der Waals surface area contributed by atoms with Crippen molar-refractivity contribution < 1.29 is 4.42 Å². The Balaban J connectivity index is 2.01. The highest BCUT2D eigenvalue weighted by atomic mass is 32.1. The van der Waals surface area contributed by atoms with Crippen molar-refractivity contribution in [2.45, 2.75) is 0 Å². The number of benzene rings is 1. The van der Waals surface area contributed by atoms with Crippen LogP contribution in [0.15, 0.2) is 64.7 Å². The summed E-state index contributed by atoms with van der Waals surface area (Å²) in [6, 6.07) is 8.07. The van der Waals surface area contributed by atoms with Crippen LogP contribution in [0.1, 0.15) is 4.88 Å². The summed E-state index contributed by atoms with van der Waals surface area (Å²) in [5, 5.41) is 3.21. The number of nitrogen functional groups attached to an aromatic ring is 1. The minimum absolute atomic E-state index is 0.169. The number of nitrogens with two attached hydrogens (primary N) is 1. The third kappa shape index (κ3) is 3.25. The van der Waals surface area contributed by atoms with Crippen molar-refractivity contribution in [1.82, 2.24) is 4.98 Å². The minimum atomic E-state index is 0.169. The molecular formula is C19H18N4OS. The van der Waals surface area contributed by atoms with Gasteiger partial charge in [-0.2, -0.15) is 4.98 Å². The topological polar surface area (TPSA) is 76.4 Å². The largest absolute Gasteiger partial charge is 0.424 e. The fourth-order valence-corrected chi connectivity index (χ4v) is 3.60. The molecule has 0 atom stereocenters. The molecule has 1 aromatic carbocycles. The van der Waals surface area contributed by atoms with Crippen LogP contribution in [0.3, 0.4) is 0 Å². The molecule has 0 amide bonds. The second kappa shape index (κ2) is 6.78. The van der Waals surface area contributed by atoms with Crippen molar-refractivity contribution in [2.24, 2.45) is 4.99 Å². The lowest BCUT2D eigenvalue weighted by molar-refractivity contribution is 0.626. The number of fused-ring (bicyclic) bond motifs is 1. The van der Waals surface area contributed by atoms with E-state index in [-0.39, 0.29) is 6.01 Å². The highest BCUT2D eigenvalue weighted by Crippen LogP contribution is 2.41. The van der Waals surface area contributed by atoms with Crippen LogP contribution in [0.4, 0.5) is 11.7 Å². The number of anilines is 2. The van der Waals surface area contributed by atoms with Gasteiger partial charge in [0.2, 0.25) is 0 Å². The number of aromatic nitrogens is 1. The maximum Gasteiger partial charge on any atom is 0.292 e. The molecule has 3 N–H and O–H groups in total. The second-order valence-electron chi connectivity index (χ2n) is 5.34. The van der Waals surface area contributed by atoms with Crippen molar-refractivity contribution in [3.8, 4) is 10.4 Å². The Labute approximate surface area is 149 Å². The molecule has 6 heteroatoms. The normalized spacial score (nSPS) is 11.1. The predicted molar refractivity (Wildman–Crippen MR) is 108 cm³/mol. The van der Waals surface area contributed by atoms with Crippen LogP contribution in [-0.4, -0.2) is 18.7 Å². The second-order valence-corrected chi connectivity index (χ2v) is 6.39. The Bertz CT molecular complexity index is 1010. The van der Waals surface area contributed by atoms with Gasteiger partial charge >= 0.3 is 0 Å². The van der Waals surface area contributed by atoms with E-state index in [1.54, 1.807) is 23.6 Å². The summed E-state index contributed by atoms with van der Waals surface area (Å²) in [5.74, 6) is 0. The predicted octanol–water partition coefficient (Wildman–Crippen LogP) is 4.96. The van der Waals surface area contributed by atoms with E-state index in [4.69, 9.17) is 10.2 Å². The molecule has 3 rings (SSSR count). The van der Waals surface area contributed by atoms with E-state index in [0.717, 1.165) is 37.7 Å². The summed E-state index contributed by atoms with van der Waals surface area (Å²) in [4.78, 5) is 10.0. The summed E-state index contributed by atoms with van der Waals surface area (Å²) in [7, 11) is 1.88. The number of hydrogen-bond donors (Lipinski definition) is 2. The van der Waals surface area contributed by atoms with Gasteiger partial charge in [0.25, 0.3) is 6.01 Å². The van der Waals surface area contributed by atoms with Gasteiger partial charge in [0.1, 0.15) is 5.52 Å². The van der Waals surface area contributed by atoms with E-state index >= 15 is 0 Å². The maximum atomic E-state index is 5.62. The van der Waals surface area contributed by atoms with Crippen LogP contribution in [0.2, 0.25) is 0 Å². The summed E-state index contributed by atoms with van der Waals surface area (Å²) in [5.41, 5.74) is 10.7. The van der Waals surface area contributed by atoms with Crippen LogP contribution >= 0.6 is 11.3 Å². The van der Waals surface area contributed by atoms with E-state index in [2.05, 4.69) is 41.2 Å². The van der Waals surface area contributed by atoms with Crippen LogP contribution in [-0.2, 0) is 0 Å². The average Bonchev–Trinajstić information content (AvgIpc) is 3.20. The molecule has 2 heterocycles. The first-order valence-electron chi connectivity index (χ1n) is 7.52.